The Morgan fingerprint density at radius 2 is 1.27 bits per heavy atom. The Morgan fingerprint density at radius 1 is 0.808 bits per heavy atom. The fraction of sp³-hybridized carbons (Fsp3) is 0. The molecule has 18 N–H and O–H groups in total. The first-order valence-electron chi connectivity index (χ1n) is 7.08. The topological polar surface area (TPSA) is 272 Å². The van der Waals surface area contributed by atoms with E-state index in [0.717, 1.165) is 0 Å². The number of anilines is 4. The molecule has 2 aromatic rings. The zero-order chi connectivity index (χ0) is 19.8. The van der Waals surface area contributed by atoms with E-state index in [1.165, 1.54) is 24.3 Å². The Bertz CT molecular complexity index is 778. The van der Waals surface area contributed by atoms with E-state index in [-0.39, 0.29) is 45.6 Å². The molecule has 2 rings (SSSR count). The van der Waals surface area contributed by atoms with Gasteiger partial charge in [-0.25, -0.2) is 0 Å². The van der Waals surface area contributed by atoms with E-state index in [9.17, 15) is 10.4 Å². The lowest BCUT2D eigenvalue weighted by Gasteiger charge is -2.29. The molecular weight excluding hydrogens is 346 g/mol. The van der Waals surface area contributed by atoms with Gasteiger partial charge in [-0.1, -0.05) is 0 Å². The molecule has 0 aromatic heterocycles. The molecule has 0 amide bonds. The van der Waals surface area contributed by atoms with E-state index in [4.69, 9.17) is 51.1 Å². The zero-order valence-electron chi connectivity index (χ0n) is 13.6. The molecule has 0 saturated heterocycles. The molecule has 0 heterocycles. The van der Waals surface area contributed by atoms with Crippen molar-refractivity contribution in [3.05, 3.63) is 34.7 Å². The molecule has 0 spiro atoms. The number of nitrogen functional groups attached to an aromatic ring is 5. The summed E-state index contributed by atoms with van der Waals surface area (Å²) in [6, 6.07) is 5.76. The first-order chi connectivity index (χ1) is 12.0. The number of benzene rings is 2. The average molecular weight is 368 g/mol. The van der Waals surface area contributed by atoms with Gasteiger partial charge in [0.2, 0.25) is 11.4 Å². The summed E-state index contributed by atoms with van der Waals surface area (Å²) in [6.45, 7) is 0. The second-order valence-electron chi connectivity index (χ2n) is 5.44. The first-order valence-corrected chi connectivity index (χ1v) is 7.08. The van der Waals surface area contributed by atoms with Gasteiger partial charge in [0.05, 0.1) is 0 Å². The van der Waals surface area contributed by atoms with Crippen molar-refractivity contribution in [1.29, 1.82) is 0 Å². The largest absolute Gasteiger partial charge is 0.608 e. The van der Waals surface area contributed by atoms with Crippen LogP contribution < -0.4 is 66.4 Å². The molecule has 0 radical (unpaired) electrons. The molecule has 0 aliphatic rings. The van der Waals surface area contributed by atoms with Crippen LogP contribution in [0, 0.1) is 10.4 Å². The number of nitrogens with two attached hydrogens (primary N) is 8. The maximum atomic E-state index is 11.2. The van der Waals surface area contributed by atoms with Crippen LogP contribution >= 0.6 is 0 Å². The summed E-state index contributed by atoms with van der Waals surface area (Å²) in [5.74, 6) is 22.2. The molecule has 2 aromatic carbocycles. The normalized spacial score (nSPS) is 14.1. The number of hydrogen-bond acceptors (Lipinski definition) is 11. The molecule has 0 bridgehead atoms. The number of rotatable bonds is 5. The highest BCUT2D eigenvalue weighted by Crippen LogP contribution is 2.48. The third-order valence-corrected chi connectivity index (χ3v) is 3.73. The zero-order valence-corrected chi connectivity index (χ0v) is 13.6. The van der Waals surface area contributed by atoms with Crippen molar-refractivity contribution in [2.75, 3.05) is 22.9 Å². The summed E-state index contributed by atoms with van der Waals surface area (Å²) in [5.41, 5.74) is 23.5. The summed E-state index contributed by atoms with van der Waals surface area (Å²) in [6.07, 6.45) is 0. The van der Waals surface area contributed by atoms with E-state index >= 15 is 0 Å². The van der Waals surface area contributed by atoms with Gasteiger partial charge in [-0.15, -0.1) is 15.9 Å². The molecule has 14 heteroatoms. The van der Waals surface area contributed by atoms with Crippen molar-refractivity contribution in [2.24, 2.45) is 23.4 Å². The fourth-order valence-electron chi connectivity index (χ4n) is 2.40. The Labute approximate surface area is 147 Å². The highest BCUT2D eigenvalue weighted by molar-refractivity contribution is 6.00. The van der Waals surface area contributed by atoms with Gasteiger partial charge in [-0.05, 0) is 0 Å². The lowest BCUT2D eigenvalue weighted by molar-refractivity contribution is -1.03. The molecular formula is C12H22N11O3+. The quantitative estimate of drug-likeness (QED) is 0.105. The monoisotopic (exact) mass is 368 g/mol. The summed E-state index contributed by atoms with van der Waals surface area (Å²) in [4.78, 5) is 4.74. The van der Waals surface area contributed by atoms with Crippen LogP contribution in [0.5, 0.6) is 5.75 Å². The summed E-state index contributed by atoms with van der Waals surface area (Å²) in [7, 11) is 0. The molecule has 0 aliphatic heterocycles. The molecule has 142 valence electrons. The lowest BCUT2D eigenvalue weighted by Crippen LogP contribution is -3.15. The van der Waals surface area contributed by atoms with Crippen LogP contribution in [-0.4, -0.2) is 0 Å². The second-order valence-corrected chi connectivity index (χ2v) is 5.44. The third kappa shape index (κ3) is 3.26. The number of nitrogens with zero attached hydrogens (tertiary/aromatic N) is 1. The predicted octanol–water partition coefficient (Wildman–Crippen LogP) is -4.16. The van der Waals surface area contributed by atoms with Crippen molar-refractivity contribution in [1.82, 2.24) is 4.70 Å². The molecule has 0 fully saturated rings. The summed E-state index contributed by atoms with van der Waals surface area (Å²) < 4.78 is -0.942. The van der Waals surface area contributed by atoms with Gasteiger partial charge >= 0.3 is 0 Å². The standard InChI is InChI=1S/C12H22N11O3/c13-7-9(15)12(26-22(18)25)10(16)8(14)11(7)23(19,20)6-3-1-5(2-4-6)21(17)24/h1-4,21-22H,13-20H2/q+1. The van der Waals surface area contributed by atoms with E-state index in [1.54, 1.807) is 0 Å². The van der Waals surface area contributed by atoms with Gasteiger partial charge in [0.25, 0.3) is 0 Å². The van der Waals surface area contributed by atoms with Crippen LogP contribution in [-0.2, 0) is 0 Å². The van der Waals surface area contributed by atoms with Crippen molar-refractivity contribution in [3.63, 3.8) is 0 Å². The SMILES string of the molecule is Nc1c(N)c([N+](N)(N)c2ccc([NH+](N)[O-])cc2)c(N)c(N)c1O[NH+](N)[O-]. The average Bonchev–Trinajstić information content (AvgIpc) is 2.56. The van der Waals surface area contributed by atoms with Crippen molar-refractivity contribution < 1.29 is 15.3 Å². The van der Waals surface area contributed by atoms with E-state index in [0.29, 0.717) is 0 Å². The fourth-order valence-corrected chi connectivity index (χ4v) is 2.40. The van der Waals surface area contributed by atoms with Crippen LogP contribution in [0.2, 0.25) is 0 Å². The maximum absolute atomic E-state index is 11.2. The molecule has 26 heavy (non-hydrogen) atoms. The summed E-state index contributed by atoms with van der Waals surface area (Å²) >= 11 is 0. The number of quaternary nitrogens is 3. The molecule has 2 unspecified atom stereocenters. The lowest BCUT2D eigenvalue weighted by atomic mass is 10.1. The van der Waals surface area contributed by atoms with Crippen LogP contribution in [0.4, 0.5) is 39.8 Å². The number of nitrogens with one attached hydrogen (secondary N) is 2. The minimum absolute atomic E-state index is 0.0383. The van der Waals surface area contributed by atoms with Gasteiger partial charge in [0.1, 0.15) is 22.7 Å². The smallest absolute Gasteiger partial charge is 0.243 e. The minimum Gasteiger partial charge on any atom is -0.608 e. The van der Waals surface area contributed by atoms with E-state index in [2.05, 4.69) is 0 Å². The predicted molar refractivity (Wildman–Crippen MR) is 97.7 cm³/mol. The minimum atomic E-state index is -1.15. The summed E-state index contributed by atoms with van der Waals surface area (Å²) in [5, 5.41) is 20.4. The number of hydrogen-bond donors (Lipinski definition) is 10. The van der Waals surface area contributed by atoms with Crippen LogP contribution in [0.3, 0.4) is 0 Å². The Kier molecular flexibility index (Phi) is 5.05. The van der Waals surface area contributed by atoms with Gasteiger partial charge in [0.15, 0.2) is 11.4 Å². The van der Waals surface area contributed by atoms with Crippen LogP contribution in [0.25, 0.3) is 0 Å². The maximum Gasteiger partial charge on any atom is 0.243 e. The molecule has 2 atom stereocenters. The third-order valence-electron chi connectivity index (χ3n) is 3.73. The van der Waals surface area contributed by atoms with Crippen LogP contribution in [0.15, 0.2) is 24.3 Å². The van der Waals surface area contributed by atoms with E-state index < -0.39 is 15.2 Å². The van der Waals surface area contributed by atoms with Crippen molar-refractivity contribution in [2.45, 2.75) is 0 Å². The Hall–Kier alpha value is -2.92. The first kappa shape index (κ1) is 19.4. The Morgan fingerprint density at radius 3 is 1.65 bits per heavy atom. The van der Waals surface area contributed by atoms with Crippen molar-refractivity contribution in [3.8, 4) is 5.75 Å². The van der Waals surface area contributed by atoms with Crippen molar-refractivity contribution >= 4 is 39.8 Å². The van der Waals surface area contributed by atoms with Gasteiger partial charge < -0.3 is 33.3 Å². The van der Waals surface area contributed by atoms with E-state index in [1.807, 2.05) is 0 Å². The van der Waals surface area contributed by atoms with Crippen LogP contribution in [0.1, 0.15) is 0 Å². The van der Waals surface area contributed by atoms with Gasteiger partial charge in [0, 0.05) is 24.3 Å². The molecule has 0 saturated carbocycles. The van der Waals surface area contributed by atoms with Gasteiger partial charge in [-0.2, -0.15) is 17.5 Å². The molecule has 14 nitrogen and oxygen atoms in total. The Balaban J connectivity index is 2.62. The highest BCUT2D eigenvalue weighted by Gasteiger charge is 2.36. The van der Waals surface area contributed by atoms with Gasteiger partial charge in [-0.3, -0.25) is 10.0 Å². The molecule has 0 aliphatic carbocycles. The highest BCUT2D eigenvalue weighted by atomic mass is 16.9. The second kappa shape index (κ2) is 6.77.